The predicted octanol–water partition coefficient (Wildman–Crippen LogP) is 3.18. The highest BCUT2D eigenvalue weighted by Gasteiger charge is 2.11. The summed E-state index contributed by atoms with van der Waals surface area (Å²) in [6, 6.07) is 5.41. The fraction of sp³-hybridized carbons (Fsp3) is 0.500. The van der Waals surface area contributed by atoms with E-state index in [1.165, 1.54) is 31.1 Å². The molecule has 1 aliphatic carbocycles. The summed E-state index contributed by atoms with van der Waals surface area (Å²) < 4.78 is 23.3. The third-order valence-electron chi connectivity index (χ3n) is 4.20. The molecule has 0 saturated carbocycles. The minimum atomic E-state index is -3.17. The number of aryl methyl sites for hydroxylation is 1. The zero-order chi connectivity index (χ0) is 17.6. The topological polar surface area (TPSA) is 70.6 Å². The molecule has 1 aromatic rings. The molecule has 2 N–H and O–H groups in total. The second kappa shape index (κ2) is 10.2. The van der Waals surface area contributed by atoms with Crippen molar-refractivity contribution in [2.24, 2.45) is 4.99 Å². The van der Waals surface area contributed by atoms with Gasteiger partial charge in [-0.05, 0) is 49.8 Å². The maximum Gasteiger partial charge on any atom is 0.191 e. The van der Waals surface area contributed by atoms with Crippen molar-refractivity contribution in [2.75, 3.05) is 19.8 Å². The fourth-order valence-electron chi connectivity index (χ4n) is 2.95. The molecular weight excluding hydrogens is 449 g/mol. The van der Waals surface area contributed by atoms with Crippen LogP contribution in [0.25, 0.3) is 0 Å². The van der Waals surface area contributed by atoms with Gasteiger partial charge in [-0.25, -0.2) is 8.42 Å². The molecule has 5 nitrogen and oxygen atoms in total. The molecule has 0 spiro atoms. The van der Waals surface area contributed by atoms with Crippen LogP contribution in [0.1, 0.15) is 36.8 Å². The van der Waals surface area contributed by atoms with E-state index in [2.05, 4.69) is 21.7 Å². The normalized spacial score (nSPS) is 14.7. The lowest BCUT2D eigenvalue weighted by molar-refractivity contribution is 0.601. The molecule has 0 atom stereocenters. The third-order valence-corrected chi connectivity index (χ3v) is 5.45. The van der Waals surface area contributed by atoms with Crippen molar-refractivity contribution in [2.45, 2.75) is 44.0 Å². The number of hydrogen-bond acceptors (Lipinski definition) is 3. The molecule has 1 aromatic carbocycles. The summed E-state index contributed by atoms with van der Waals surface area (Å²) in [5.74, 6) is 0.762. The van der Waals surface area contributed by atoms with E-state index in [-0.39, 0.29) is 24.0 Å². The van der Waals surface area contributed by atoms with Crippen LogP contribution in [0.2, 0.25) is 0 Å². The highest BCUT2D eigenvalue weighted by Crippen LogP contribution is 2.19. The van der Waals surface area contributed by atoms with Gasteiger partial charge < -0.3 is 10.6 Å². The van der Waals surface area contributed by atoms with Gasteiger partial charge in [-0.2, -0.15) is 0 Å². The smallest absolute Gasteiger partial charge is 0.191 e. The zero-order valence-electron chi connectivity index (χ0n) is 15.1. The number of guanidine groups is 1. The number of hydrogen-bond donors (Lipinski definition) is 2. The van der Waals surface area contributed by atoms with Crippen LogP contribution < -0.4 is 10.6 Å². The van der Waals surface area contributed by atoms with Gasteiger partial charge in [0.25, 0.3) is 0 Å². The molecule has 0 fully saturated rings. The number of aliphatic imine (C=N–C) groups is 1. The summed E-state index contributed by atoms with van der Waals surface area (Å²) in [4.78, 5) is 4.61. The van der Waals surface area contributed by atoms with Gasteiger partial charge in [0.15, 0.2) is 15.8 Å². The molecule has 0 saturated heterocycles. The number of allylic oxidation sites excluding steroid dienone is 1. The molecule has 0 amide bonds. The Hall–Kier alpha value is -1.09. The Bertz CT molecular complexity index is 743. The van der Waals surface area contributed by atoms with Crippen molar-refractivity contribution in [3.8, 4) is 0 Å². The number of rotatable bonds is 6. The van der Waals surface area contributed by atoms with Crippen LogP contribution in [0.3, 0.4) is 0 Å². The van der Waals surface area contributed by atoms with Crippen molar-refractivity contribution < 1.29 is 8.42 Å². The van der Waals surface area contributed by atoms with E-state index in [1.807, 2.05) is 19.1 Å². The van der Waals surface area contributed by atoms with Gasteiger partial charge in [0.05, 0.1) is 4.90 Å². The highest BCUT2D eigenvalue weighted by atomic mass is 127. The Morgan fingerprint density at radius 2 is 2.04 bits per heavy atom. The monoisotopic (exact) mass is 477 g/mol. The van der Waals surface area contributed by atoms with E-state index in [4.69, 9.17) is 0 Å². The van der Waals surface area contributed by atoms with Crippen LogP contribution in [0.5, 0.6) is 0 Å². The summed E-state index contributed by atoms with van der Waals surface area (Å²) in [6.45, 7) is 3.30. The van der Waals surface area contributed by atoms with Crippen molar-refractivity contribution in [3.63, 3.8) is 0 Å². The van der Waals surface area contributed by atoms with Gasteiger partial charge >= 0.3 is 0 Å². The maximum atomic E-state index is 11.7. The quantitative estimate of drug-likeness (QED) is 0.286. The van der Waals surface area contributed by atoms with E-state index < -0.39 is 9.84 Å². The summed E-state index contributed by atoms with van der Waals surface area (Å²) in [5.41, 5.74) is 3.33. The first kappa shape index (κ1) is 22.0. The fourth-order valence-corrected chi connectivity index (χ4v) is 3.91. The van der Waals surface area contributed by atoms with Gasteiger partial charge in [0, 0.05) is 26.4 Å². The maximum absolute atomic E-state index is 11.7. The van der Waals surface area contributed by atoms with Crippen LogP contribution in [-0.4, -0.2) is 34.2 Å². The molecule has 140 valence electrons. The Labute approximate surface area is 168 Å². The Balaban J connectivity index is 0.00000312. The average molecular weight is 477 g/mol. The number of nitrogens with zero attached hydrogens (tertiary/aromatic N) is 1. The molecule has 7 heteroatoms. The molecule has 25 heavy (non-hydrogen) atoms. The first-order chi connectivity index (χ1) is 11.4. The van der Waals surface area contributed by atoms with E-state index in [0.717, 1.165) is 30.1 Å². The largest absolute Gasteiger partial charge is 0.356 e. The van der Waals surface area contributed by atoms with Crippen LogP contribution in [0, 0.1) is 6.92 Å². The third kappa shape index (κ3) is 6.97. The SMILES string of the molecule is CN=C(NCCC1=CCCC1)NCc1ccc(S(C)(=O)=O)c(C)c1.I. The lowest BCUT2D eigenvalue weighted by atomic mass is 10.1. The van der Waals surface area contributed by atoms with Crippen LogP contribution in [-0.2, 0) is 16.4 Å². The summed E-state index contributed by atoms with van der Waals surface area (Å²) in [6.07, 6.45) is 8.35. The van der Waals surface area contributed by atoms with E-state index in [1.54, 1.807) is 13.1 Å². The van der Waals surface area contributed by atoms with Crippen LogP contribution in [0.4, 0.5) is 0 Å². The number of benzene rings is 1. The zero-order valence-corrected chi connectivity index (χ0v) is 18.3. The molecule has 0 aromatic heterocycles. The van der Waals surface area contributed by atoms with Gasteiger partial charge in [0.2, 0.25) is 0 Å². The molecule has 0 heterocycles. The molecule has 0 aliphatic heterocycles. The van der Waals surface area contributed by atoms with Crippen molar-refractivity contribution in [1.82, 2.24) is 10.6 Å². The summed E-state index contributed by atoms with van der Waals surface area (Å²) in [5, 5.41) is 6.59. The Morgan fingerprint density at radius 1 is 1.28 bits per heavy atom. The molecule has 1 aliphatic rings. The van der Waals surface area contributed by atoms with Gasteiger partial charge in [0.1, 0.15) is 0 Å². The summed E-state index contributed by atoms with van der Waals surface area (Å²) in [7, 11) is -1.42. The van der Waals surface area contributed by atoms with E-state index in [9.17, 15) is 8.42 Å². The molecule has 2 rings (SSSR count). The highest BCUT2D eigenvalue weighted by molar-refractivity contribution is 14.0. The van der Waals surface area contributed by atoms with Crippen molar-refractivity contribution in [1.29, 1.82) is 0 Å². The number of halogens is 1. The second-order valence-corrected chi connectivity index (χ2v) is 8.21. The minimum Gasteiger partial charge on any atom is -0.356 e. The number of sulfone groups is 1. The molecular formula is C18H28IN3O2S. The van der Waals surface area contributed by atoms with Crippen LogP contribution in [0.15, 0.2) is 39.7 Å². The first-order valence-corrected chi connectivity index (χ1v) is 10.2. The Kier molecular flexibility index (Phi) is 8.92. The second-order valence-electron chi connectivity index (χ2n) is 6.23. The molecule has 0 bridgehead atoms. The van der Waals surface area contributed by atoms with Gasteiger partial charge in [-0.3, -0.25) is 4.99 Å². The number of nitrogens with one attached hydrogen (secondary N) is 2. The van der Waals surface area contributed by atoms with Gasteiger partial charge in [-0.1, -0.05) is 23.8 Å². The summed E-state index contributed by atoms with van der Waals surface area (Å²) >= 11 is 0. The first-order valence-electron chi connectivity index (χ1n) is 8.32. The predicted molar refractivity (Wildman–Crippen MR) is 114 cm³/mol. The lowest BCUT2D eigenvalue weighted by Gasteiger charge is -2.13. The van der Waals surface area contributed by atoms with E-state index in [0.29, 0.717) is 11.4 Å². The standard InChI is InChI=1S/C18H27N3O2S.HI/c1-14-12-16(8-9-17(14)24(3,22)23)13-21-18(19-2)20-11-10-15-6-4-5-7-15;/h6,8-9,12H,4-5,7,10-11,13H2,1-3H3,(H2,19,20,21);1H. The molecule has 0 radical (unpaired) electrons. The minimum absolute atomic E-state index is 0. The average Bonchev–Trinajstić information content (AvgIpc) is 3.02. The van der Waals surface area contributed by atoms with Crippen molar-refractivity contribution >= 4 is 39.8 Å². The molecule has 0 unspecified atom stereocenters. The van der Waals surface area contributed by atoms with Crippen molar-refractivity contribution in [3.05, 3.63) is 41.0 Å². The van der Waals surface area contributed by atoms with E-state index >= 15 is 0 Å². The van der Waals surface area contributed by atoms with Crippen LogP contribution >= 0.6 is 24.0 Å². The van der Waals surface area contributed by atoms with Gasteiger partial charge in [-0.15, -0.1) is 24.0 Å². The lowest BCUT2D eigenvalue weighted by Crippen LogP contribution is -2.37. The Morgan fingerprint density at radius 3 is 2.60 bits per heavy atom.